The average molecular weight is 484 g/mol. The van der Waals surface area contributed by atoms with E-state index in [9.17, 15) is 4.79 Å². The van der Waals surface area contributed by atoms with Crippen molar-refractivity contribution in [1.29, 1.82) is 0 Å². The van der Waals surface area contributed by atoms with Crippen LogP contribution >= 0.6 is 0 Å². The lowest BCUT2D eigenvalue weighted by molar-refractivity contribution is 0.112. The van der Waals surface area contributed by atoms with E-state index in [1.807, 2.05) is 36.5 Å². The van der Waals surface area contributed by atoms with Crippen LogP contribution in [0.15, 0.2) is 109 Å². The zero-order chi connectivity index (χ0) is 25.0. The van der Waals surface area contributed by atoms with E-state index in [1.54, 1.807) is 0 Å². The predicted molar refractivity (Wildman–Crippen MR) is 152 cm³/mol. The van der Waals surface area contributed by atoms with Gasteiger partial charge < -0.3 is 4.90 Å². The molecule has 182 valence electrons. The molecular weight excluding hydrogens is 454 g/mol. The number of carbonyl (C=O) groups is 1. The molecule has 0 radical (unpaired) electrons. The minimum Gasteiger partial charge on any atom is -0.369 e. The lowest BCUT2D eigenvalue weighted by Gasteiger charge is -2.36. The second-order valence-corrected chi connectivity index (χ2v) is 9.56. The molecule has 4 aromatic carbocycles. The van der Waals surface area contributed by atoms with Gasteiger partial charge in [0.05, 0.1) is 5.52 Å². The lowest BCUT2D eigenvalue weighted by Crippen LogP contribution is -2.46. The number of pyridine rings is 1. The third kappa shape index (κ3) is 4.76. The van der Waals surface area contributed by atoms with Crippen LogP contribution in [0.5, 0.6) is 0 Å². The van der Waals surface area contributed by atoms with Gasteiger partial charge in [-0.3, -0.25) is 14.7 Å². The summed E-state index contributed by atoms with van der Waals surface area (Å²) in [6.45, 7) is 4.86. The van der Waals surface area contributed by atoms with Crippen molar-refractivity contribution in [2.24, 2.45) is 0 Å². The van der Waals surface area contributed by atoms with Gasteiger partial charge >= 0.3 is 0 Å². The van der Waals surface area contributed by atoms with Crippen molar-refractivity contribution in [1.82, 2.24) is 9.88 Å². The maximum Gasteiger partial charge on any atom is 0.150 e. The van der Waals surface area contributed by atoms with E-state index in [-0.39, 0.29) is 0 Å². The Balaban J connectivity index is 1.26. The van der Waals surface area contributed by atoms with Crippen LogP contribution in [0.25, 0.3) is 33.2 Å². The molecule has 0 bridgehead atoms. The molecule has 0 spiro atoms. The number of carbonyl (C=O) groups excluding carboxylic acids is 1. The van der Waals surface area contributed by atoms with Gasteiger partial charge in [0.25, 0.3) is 0 Å². The highest BCUT2D eigenvalue weighted by Gasteiger charge is 2.19. The third-order valence-electron chi connectivity index (χ3n) is 7.32. The van der Waals surface area contributed by atoms with Crippen molar-refractivity contribution in [3.8, 4) is 22.3 Å². The summed E-state index contributed by atoms with van der Waals surface area (Å²) < 4.78 is 0. The van der Waals surface area contributed by atoms with E-state index in [0.717, 1.165) is 61.0 Å². The van der Waals surface area contributed by atoms with E-state index >= 15 is 0 Å². The van der Waals surface area contributed by atoms with Crippen molar-refractivity contribution in [2.45, 2.75) is 6.54 Å². The molecule has 1 aromatic heterocycles. The van der Waals surface area contributed by atoms with Crippen molar-refractivity contribution in [3.63, 3.8) is 0 Å². The fraction of sp³-hybridized carbons (Fsp3) is 0.152. The first-order chi connectivity index (χ1) is 18.3. The Morgan fingerprint density at radius 3 is 2.05 bits per heavy atom. The first kappa shape index (κ1) is 23.1. The molecular formula is C33H29N3O. The molecule has 0 amide bonds. The summed E-state index contributed by atoms with van der Waals surface area (Å²) in [6.07, 6.45) is 2.77. The minimum atomic E-state index is 0.721. The Morgan fingerprint density at radius 1 is 0.649 bits per heavy atom. The molecule has 4 heteroatoms. The Kier molecular flexibility index (Phi) is 6.49. The topological polar surface area (TPSA) is 36.4 Å². The molecule has 0 atom stereocenters. The molecule has 1 saturated heterocycles. The average Bonchev–Trinajstić information content (AvgIpc) is 2.98. The summed E-state index contributed by atoms with van der Waals surface area (Å²) >= 11 is 0. The van der Waals surface area contributed by atoms with Gasteiger partial charge in [-0.1, -0.05) is 72.8 Å². The minimum absolute atomic E-state index is 0.721. The summed E-state index contributed by atoms with van der Waals surface area (Å²) in [5, 5.41) is 1.15. The van der Waals surface area contributed by atoms with Crippen LogP contribution in [-0.4, -0.2) is 42.3 Å². The van der Waals surface area contributed by atoms with Crippen LogP contribution in [0.2, 0.25) is 0 Å². The van der Waals surface area contributed by atoms with Gasteiger partial charge in [0.1, 0.15) is 6.29 Å². The highest BCUT2D eigenvalue weighted by atomic mass is 16.1. The SMILES string of the molecule is O=Cc1ccc(N2CCN(Cc3ccccc3-c3ccccc3-c3cccc4cccnc34)CC2)cc1. The van der Waals surface area contributed by atoms with Gasteiger partial charge in [-0.05, 0) is 52.6 Å². The van der Waals surface area contributed by atoms with E-state index in [4.69, 9.17) is 4.98 Å². The first-order valence-electron chi connectivity index (χ1n) is 12.8. The van der Waals surface area contributed by atoms with Crippen molar-refractivity contribution in [2.75, 3.05) is 31.1 Å². The maximum absolute atomic E-state index is 11.0. The predicted octanol–water partition coefficient (Wildman–Crippen LogP) is 6.70. The highest BCUT2D eigenvalue weighted by Crippen LogP contribution is 2.37. The number of aldehydes is 1. The quantitative estimate of drug-likeness (QED) is 0.252. The standard InChI is InChI=1S/C33H29N3O/c37-24-25-14-16-28(17-15-25)36-21-19-35(20-22-36)23-27-7-1-2-10-29(27)30-11-3-4-12-31(30)32-13-5-8-26-9-6-18-34-33(26)32/h1-18,24H,19-23H2. The number of hydrogen-bond acceptors (Lipinski definition) is 4. The molecule has 1 aliphatic rings. The van der Waals surface area contributed by atoms with Crippen LogP contribution in [0, 0.1) is 0 Å². The third-order valence-corrected chi connectivity index (χ3v) is 7.32. The Morgan fingerprint density at radius 2 is 1.30 bits per heavy atom. The lowest BCUT2D eigenvalue weighted by atomic mass is 9.90. The van der Waals surface area contributed by atoms with Gasteiger partial charge in [-0.15, -0.1) is 0 Å². The highest BCUT2D eigenvalue weighted by molar-refractivity contribution is 5.98. The number of fused-ring (bicyclic) bond motifs is 1. The molecule has 0 unspecified atom stereocenters. The number of para-hydroxylation sites is 1. The Hall–Kier alpha value is -4.28. The molecule has 0 N–H and O–H groups in total. The summed E-state index contributed by atoms with van der Waals surface area (Å²) in [7, 11) is 0. The zero-order valence-electron chi connectivity index (χ0n) is 20.8. The number of rotatable bonds is 6. The van der Waals surface area contributed by atoms with Gasteiger partial charge in [-0.25, -0.2) is 0 Å². The fourth-order valence-corrected chi connectivity index (χ4v) is 5.36. The molecule has 37 heavy (non-hydrogen) atoms. The van der Waals surface area contributed by atoms with Gasteiger partial charge in [0, 0.05) is 61.1 Å². The molecule has 2 heterocycles. The van der Waals surface area contributed by atoms with Gasteiger partial charge in [0.15, 0.2) is 0 Å². The van der Waals surface area contributed by atoms with E-state index in [2.05, 4.69) is 82.6 Å². The van der Waals surface area contributed by atoms with Gasteiger partial charge in [-0.2, -0.15) is 0 Å². The number of anilines is 1. The second-order valence-electron chi connectivity index (χ2n) is 9.56. The summed E-state index contributed by atoms with van der Waals surface area (Å²) in [5.74, 6) is 0. The Bertz CT molecular complexity index is 1530. The molecule has 1 aliphatic heterocycles. The van der Waals surface area contributed by atoms with Crippen molar-refractivity contribution in [3.05, 3.63) is 120 Å². The van der Waals surface area contributed by atoms with Crippen LogP contribution < -0.4 is 4.90 Å². The van der Waals surface area contributed by atoms with E-state index < -0.39 is 0 Å². The number of hydrogen-bond donors (Lipinski definition) is 0. The number of nitrogens with zero attached hydrogens (tertiary/aromatic N) is 3. The largest absolute Gasteiger partial charge is 0.369 e. The van der Waals surface area contributed by atoms with E-state index in [1.165, 1.54) is 27.9 Å². The normalized spacial score (nSPS) is 14.1. The summed E-state index contributed by atoms with van der Waals surface area (Å²) in [4.78, 5) is 20.6. The summed E-state index contributed by atoms with van der Waals surface area (Å²) in [5.41, 5.74) is 9.17. The van der Waals surface area contributed by atoms with E-state index in [0.29, 0.717) is 0 Å². The molecule has 0 aliphatic carbocycles. The number of benzene rings is 4. The van der Waals surface area contributed by atoms with Crippen molar-refractivity contribution >= 4 is 22.9 Å². The maximum atomic E-state index is 11.0. The fourth-order valence-electron chi connectivity index (χ4n) is 5.36. The molecule has 5 aromatic rings. The zero-order valence-corrected chi connectivity index (χ0v) is 20.8. The molecule has 1 fully saturated rings. The van der Waals surface area contributed by atoms with Crippen LogP contribution in [0.1, 0.15) is 15.9 Å². The first-order valence-corrected chi connectivity index (χ1v) is 12.8. The Labute approximate surface area is 217 Å². The number of piperazine rings is 1. The molecule has 0 saturated carbocycles. The van der Waals surface area contributed by atoms with Crippen LogP contribution in [0.4, 0.5) is 5.69 Å². The second kappa shape index (κ2) is 10.4. The van der Waals surface area contributed by atoms with Crippen LogP contribution in [-0.2, 0) is 6.54 Å². The molecule has 4 nitrogen and oxygen atoms in total. The van der Waals surface area contributed by atoms with Crippen LogP contribution in [0.3, 0.4) is 0 Å². The summed E-state index contributed by atoms with van der Waals surface area (Å²) in [6, 6.07) is 35.9. The molecule has 6 rings (SSSR count). The monoisotopic (exact) mass is 483 g/mol. The van der Waals surface area contributed by atoms with Gasteiger partial charge in [0.2, 0.25) is 0 Å². The van der Waals surface area contributed by atoms with Crippen molar-refractivity contribution < 1.29 is 4.79 Å². The number of aromatic nitrogens is 1. The smallest absolute Gasteiger partial charge is 0.150 e.